The number of carbonyl (C=O) groups is 1. The molecular weight excluding hydrogens is 243 g/mol. The molecule has 0 aromatic heterocycles. The van der Waals surface area contributed by atoms with Gasteiger partial charge in [-0.25, -0.2) is 0 Å². The molecule has 0 saturated heterocycles. The summed E-state index contributed by atoms with van der Waals surface area (Å²) in [6.45, 7) is 3.74. The molecule has 0 spiro atoms. The summed E-state index contributed by atoms with van der Waals surface area (Å²) in [6.07, 6.45) is 2.71. The minimum Gasteiger partial charge on any atom is -0.380 e. The predicted octanol–water partition coefficient (Wildman–Crippen LogP) is 2.33. The van der Waals surface area contributed by atoms with Crippen LogP contribution in [-0.4, -0.2) is 29.9 Å². The van der Waals surface area contributed by atoms with E-state index in [1.807, 2.05) is 0 Å². The molecular formula is C11H21O5P. The first-order valence-electron chi connectivity index (χ1n) is 6.14. The normalized spacial score (nSPS) is 23.7. The molecule has 0 aromatic rings. The van der Waals surface area contributed by atoms with Crippen molar-refractivity contribution < 1.29 is 23.5 Å². The maximum Gasteiger partial charge on any atom is 0.359 e. The van der Waals surface area contributed by atoms with Crippen LogP contribution in [0.5, 0.6) is 0 Å². The smallest absolute Gasteiger partial charge is 0.359 e. The Labute approximate surface area is 102 Å². The standard InChI is InChI=1S/C11H21O5P/c1-3-15-17(14,16-4-2)11(13)9-7-5-6-8-10(9)12/h9,11,13H,3-8H2,1-2H3/t9?,11-/m0/s1. The second kappa shape index (κ2) is 6.64. The van der Waals surface area contributed by atoms with Gasteiger partial charge in [-0.3, -0.25) is 9.36 Å². The van der Waals surface area contributed by atoms with E-state index in [-0.39, 0.29) is 19.0 Å². The third kappa shape index (κ3) is 3.62. The van der Waals surface area contributed by atoms with Crippen LogP contribution in [-0.2, 0) is 18.4 Å². The number of rotatable bonds is 6. The summed E-state index contributed by atoms with van der Waals surface area (Å²) >= 11 is 0. The van der Waals surface area contributed by atoms with Crippen LogP contribution in [0.15, 0.2) is 0 Å². The van der Waals surface area contributed by atoms with Crippen molar-refractivity contribution in [3.8, 4) is 0 Å². The fraction of sp³-hybridized carbons (Fsp3) is 0.909. The molecule has 1 rings (SSSR count). The van der Waals surface area contributed by atoms with E-state index in [0.29, 0.717) is 12.8 Å². The second-order valence-corrected chi connectivity index (χ2v) is 6.23. The van der Waals surface area contributed by atoms with E-state index >= 15 is 0 Å². The van der Waals surface area contributed by atoms with Crippen LogP contribution in [0.4, 0.5) is 0 Å². The molecule has 2 atom stereocenters. The van der Waals surface area contributed by atoms with Crippen LogP contribution in [0.25, 0.3) is 0 Å². The molecule has 0 heterocycles. The van der Waals surface area contributed by atoms with Crippen molar-refractivity contribution >= 4 is 13.4 Å². The molecule has 1 N–H and O–H groups in total. The fourth-order valence-electron chi connectivity index (χ4n) is 2.10. The summed E-state index contributed by atoms with van der Waals surface area (Å²) in [6, 6.07) is 0. The van der Waals surface area contributed by atoms with Gasteiger partial charge >= 0.3 is 7.60 Å². The highest BCUT2D eigenvalue weighted by Gasteiger charge is 2.43. The molecule has 1 fully saturated rings. The summed E-state index contributed by atoms with van der Waals surface area (Å²) in [5.41, 5.74) is 0. The maximum atomic E-state index is 12.3. The Balaban J connectivity index is 2.79. The Bertz CT molecular complexity index is 294. The molecule has 0 radical (unpaired) electrons. The first kappa shape index (κ1) is 14.8. The van der Waals surface area contributed by atoms with Crippen LogP contribution in [0.1, 0.15) is 39.5 Å². The van der Waals surface area contributed by atoms with Crippen molar-refractivity contribution in [3.63, 3.8) is 0 Å². The van der Waals surface area contributed by atoms with Gasteiger partial charge in [0.1, 0.15) is 5.78 Å². The number of Topliss-reactive ketones (excluding diaryl/α,β-unsaturated/α-hetero) is 1. The lowest BCUT2D eigenvalue weighted by atomic mass is 9.88. The van der Waals surface area contributed by atoms with Gasteiger partial charge in [-0.05, 0) is 26.7 Å². The molecule has 100 valence electrons. The first-order valence-corrected chi connectivity index (χ1v) is 7.76. The minimum atomic E-state index is -3.58. The van der Waals surface area contributed by atoms with Crippen LogP contribution in [0.2, 0.25) is 0 Å². The molecule has 5 nitrogen and oxygen atoms in total. The number of hydrogen-bond donors (Lipinski definition) is 1. The lowest BCUT2D eigenvalue weighted by molar-refractivity contribution is -0.127. The number of hydrogen-bond acceptors (Lipinski definition) is 5. The van der Waals surface area contributed by atoms with Gasteiger partial charge in [-0.2, -0.15) is 0 Å². The Morgan fingerprint density at radius 3 is 2.41 bits per heavy atom. The highest BCUT2D eigenvalue weighted by Crippen LogP contribution is 2.55. The van der Waals surface area contributed by atoms with E-state index in [9.17, 15) is 14.5 Å². The Hall–Kier alpha value is -0.220. The maximum absolute atomic E-state index is 12.3. The van der Waals surface area contributed by atoms with Gasteiger partial charge in [0, 0.05) is 6.42 Å². The van der Waals surface area contributed by atoms with Crippen molar-refractivity contribution in [3.05, 3.63) is 0 Å². The number of ketones is 1. The average molecular weight is 264 g/mol. The predicted molar refractivity (Wildman–Crippen MR) is 63.8 cm³/mol. The summed E-state index contributed by atoms with van der Waals surface area (Å²) in [5, 5.41) is 10.1. The molecule has 1 aliphatic carbocycles. The minimum absolute atomic E-state index is 0.0385. The van der Waals surface area contributed by atoms with Crippen molar-refractivity contribution in [2.24, 2.45) is 5.92 Å². The fourth-order valence-corrected chi connectivity index (χ4v) is 3.95. The SMILES string of the molecule is CCOP(=O)(OCC)[C@H](O)C1CCCCC1=O. The van der Waals surface area contributed by atoms with Crippen molar-refractivity contribution in [1.82, 2.24) is 0 Å². The van der Waals surface area contributed by atoms with Gasteiger partial charge in [0.15, 0.2) is 5.85 Å². The average Bonchev–Trinajstić information content (AvgIpc) is 2.29. The zero-order valence-electron chi connectivity index (χ0n) is 10.4. The summed E-state index contributed by atoms with van der Waals surface area (Å²) in [4.78, 5) is 11.7. The molecule has 0 bridgehead atoms. The van der Waals surface area contributed by atoms with E-state index in [2.05, 4.69) is 0 Å². The lowest BCUT2D eigenvalue weighted by Gasteiger charge is -2.30. The Morgan fingerprint density at radius 1 is 1.35 bits per heavy atom. The van der Waals surface area contributed by atoms with Gasteiger partial charge in [0.2, 0.25) is 0 Å². The molecule has 0 amide bonds. The Morgan fingerprint density at radius 2 is 1.94 bits per heavy atom. The second-order valence-electron chi connectivity index (χ2n) is 4.11. The summed E-state index contributed by atoms with van der Waals surface area (Å²) in [5.74, 6) is -1.97. The van der Waals surface area contributed by atoms with E-state index < -0.39 is 19.4 Å². The number of aliphatic hydroxyl groups excluding tert-OH is 1. The van der Waals surface area contributed by atoms with E-state index in [0.717, 1.165) is 12.8 Å². The molecule has 1 saturated carbocycles. The molecule has 17 heavy (non-hydrogen) atoms. The van der Waals surface area contributed by atoms with Crippen molar-refractivity contribution in [2.45, 2.75) is 45.4 Å². The highest BCUT2D eigenvalue weighted by atomic mass is 31.2. The van der Waals surface area contributed by atoms with Crippen molar-refractivity contribution in [1.29, 1.82) is 0 Å². The summed E-state index contributed by atoms with van der Waals surface area (Å²) in [7, 11) is -3.58. The first-order chi connectivity index (χ1) is 8.05. The molecule has 0 aliphatic heterocycles. The van der Waals surface area contributed by atoms with Gasteiger partial charge < -0.3 is 14.2 Å². The monoisotopic (exact) mass is 264 g/mol. The van der Waals surface area contributed by atoms with Gasteiger partial charge in [-0.1, -0.05) is 6.42 Å². The van der Waals surface area contributed by atoms with Crippen LogP contribution >= 0.6 is 7.60 Å². The third-order valence-electron chi connectivity index (χ3n) is 2.90. The zero-order chi connectivity index (χ0) is 12.9. The number of carbonyl (C=O) groups excluding carboxylic acids is 1. The zero-order valence-corrected chi connectivity index (χ0v) is 11.3. The van der Waals surface area contributed by atoms with Crippen molar-refractivity contribution in [2.75, 3.05) is 13.2 Å². The van der Waals surface area contributed by atoms with Gasteiger partial charge in [-0.15, -0.1) is 0 Å². The molecule has 1 aliphatic rings. The van der Waals surface area contributed by atoms with Crippen LogP contribution in [0.3, 0.4) is 0 Å². The van der Waals surface area contributed by atoms with E-state index in [1.54, 1.807) is 13.8 Å². The van der Waals surface area contributed by atoms with E-state index in [1.165, 1.54) is 0 Å². The third-order valence-corrected chi connectivity index (χ3v) is 5.15. The quantitative estimate of drug-likeness (QED) is 0.745. The van der Waals surface area contributed by atoms with Crippen LogP contribution in [0, 0.1) is 5.92 Å². The summed E-state index contributed by atoms with van der Waals surface area (Å²) < 4.78 is 22.4. The number of aliphatic hydroxyl groups is 1. The molecule has 0 aromatic carbocycles. The Kier molecular flexibility index (Phi) is 5.80. The highest BCUT2D eigenvalue weighted by molar-refractivity contribution is 7.54. The lowest BCUT2D eigenvalue weighted by Crippen LogP contribution is -2.32. The van der Waals surface area contributed by atoms with Gasteiger partial charge in [0.05, 0.1) is 19.1 Å². The van der Waals surface area contributed by atoms with Crippen LogP contribution < -0.4 is 0 Å². The van der Waals surface area contributed by atoms with E-state index in [4.69, 9.17) is 9.05 Å². The van der Waals surface area contributed by atoms with Gasteiger partial charge in [0.25, 0.3) is 0 Å². The molecule has 6 heteroatoms. The molecule has 1 unspecified atom stereocenters. The topological polar surface area (TPSA) is 72.8 Å². The largest absolute Gasteiger partial charge is 0.380 e.